The lowest BCUT2D eigenvalue weighted by Crippen LogP contribution is -2.09. The number of nitrogens with one attached hydrogen (secondary N) is 1. The number of anilines is 1. The molecule has 0 radical (unpaired) electrons. The molecule has 0 fully saturated rings. The van der Waals surface area contributed by atoms with Crippen molar-refractivity contribution >= 4 is 28.3 Å². The van der Waals surface area contributed by atoms with Crippen molar-refractivity contribution in [3.8, 4) is 11.1 Å². The Morgan fingerprint density at radius 1 is 1.07 bits per heavy atom. The molecule has 0 spiro atoms. The summed E-state index contributed by atoms with van der Waals surface area (Å²) >= 11 is 0. The van der Waals surface area contributed by atoms with Gasteiger partial charge in [-0.2, -0.15) is 0 Å². The SMILES string of the molecule is Nc1nc2ccc(-c3cnc4[nH]ccc4c3)cn2c1C(=O)c1ccccn1. The van der Waals surface area contributed by atoms with Crippen LogP contribution in [-0.2, 0) is 0 Å². The first-order valence-corrected chi connectivity index (χ1v) is 8.37. The number of rotatable bonds is 3. The molecule has 0 bridgehead atoms. The molecule has 7 heteroatoms. The molecule has 3 N–H and O–H groups in total. The first kappa shape index (κ1) is 15.3. The molecule has 5 aromatic heterocycles. The van der Waals surface area contributed by atoms with Crippen molar-refractivity contribution in [1.82, 2.24) is 24.3 Å². The van der Waals surface area contributed by atoms with E-state index >= 15 is 0 Å². The van der Waals surface area contributed by atoms with Crippen molar-refractivity contribution in [3.05, 3.63) is 78.6 Å². The quantitative estimate of drug-likeness (QED) is 0.485. The summed E-state index contributed by atoms with van der Waals surface area (Å²) in [6.07, 6.45) is 7.07. The van der Waals surface area contributed by atoms with Gasteiger partial charge in [0.2, 0.25) is 5.78 Å². The molecule has 0 aliphatic heterocycles. The Labute approximate surface area is 153 Å². The second-order valence-electron chi connectivity index (χ2n) is 6.18. The number of hydrogen-bond donors (Lipinski definition) is 2. The maximum absolute atomic E-state index is 12.9. The van der Waals surface area contributed by atoms with Crippen LogP contribution < -0.4 is 5.73 Å². The van der Waals surface area contributed by atoms with E-state index in [4.69, 9.17) is 5.73 Å². The van der Waals surface area contributed by atoms with Crippen LogP contribution in [0.3, 0.4) is 0 Å². The van der Waals surface area contributed by atoms with Crippen LogP contribution in [0, 0.1) is 0 Å². The van der Waals surface area contributed by atoms with Crippen molar-refractivity contribution in [2.24, 2.45) is 0 Å². The lowest BCUT2D eigenvalue weighted by Gasteiger charge is -2.06. The second kappa shape index (κ2) is 5.77. The third-order valence-corrected chi connectivity index (χ3v) is 4.49. The van der Waals surface area contributed by atoms with Gasteiger partial charge in [0, 0.05) is 41.3 Å². The number of nitrogen functional groups attached to an aromatic ring is 1. The number of carbonyl (C=O) groups excluding carboxylic acids is 1. The summed E-state index contributed by atoms with van der Waals surface area (Å²) < 4.78 is 1.71. The number of nitrogens with two attached hydrogens (primary N) is 1. The smallest absolute Gasteiger partial charge is 0.231 e. The van der Waals surface area contributed by atoms with Gasteiger partial charge in [0.15, 0.2) is 5.82 Å². The standard InChI is InChI=1S/C20H14N6O/c21-19-17(18(27)15-3-1-2-7-22-15)26-11-13(4-5-16(26)25-19)14-9-12-6-8-23-20(12)24-10-14/h1-11H,21H2,(H,23,24). The zero-order chi connectivity index (χ0) is 18.4. The zero-order valence-corrected chi connectivity index (χ0v) is 14.1. The third-order valence-electron chi connectivity index (χ3n) is 4.49. The number of aromatic amines is 1. The normalized spacial score (nSPS) is 11.3. The van der Waals surface area contributed by atoms with Gasteiger partial charge in [0.25, 0.3) is 0 Å². The van der Waals surface area contributed by atoms with Crippen molar-refractivity contribution in [2.45, 2.75) is 0 Å². The van der Waals surface area contributed by atoms with Crippen LogP contribution in [0.2, 0.25) is 0 Å². The Morgan fingerprint density at radius 2 is 2.00 bits per heavy atom. The average Bonchev–Trinajstić information content (AvgIpc) is 3.30. The monoisotopic (exact) mass is 354 g/mol. The van der Waals surface area contributed by atoms with Crippen LogP contribution >= 0.6 is 0 Å². The van der Waals surface area contributed by atoms with Gasteiger partial charge >= 0.3 is 0 Å². The minimum Gasteiger partial charge on any atom is -0.382 e. The molecule has 0 atom stereocenters. The van der Waals surface area contributed by atoms with E-state index in [1.807, 2.05) is 36.7 Å². The second-order valence-corrected chi connectivity index (χ2v) is 6.18. The Morgan fingerprint density at radius 3 is 2.85 bits per heavy atom. The van der Waals surface area contributed by atoms with Gasteiger partial charge in [-0.05, 0) is 36.4 Å². The highest BCUT2D eigenvalue weighted by Gasteiger charge is 2.20. The fourth-order valence-corrected chi connectivity index (χ4v) is 3.18. The van der Waals surface area contributed by atoms with Crippen LogP contribution in [0.4, 0.5) is 5.82 Å². The van der Waals surface area contributed by atoms with Crippen LogP contribution in [0.5, 0.6) is 0 Å². The lowest BCUT2D eigenvalue weighted by molar-refractivity contribution is 0.103. The van der Waals surface area contributed by atoms with Gasteiger partial charge in [0.05, 0.1) is 0 Å². The summed E-state index contributed by atoms with van der Waals surface area (Å²) in [5.74, 6) is -0.0843. The first-order chi connectivity index (χ1) is 13.2. The van der Waals surface area contributed by atoms with Crippen molar-refractivity contribution in [1.29, 1.82) is 0 Å². The number of carbonyl (C=O) groups is 1. The molecule has 5 rings (SSSR count). The highest BCUT2D eigenvalue weighted by atomic mass is 16.1. The number of nitrogens with zero attached hydrogens (tertiary/aromatic N) is 4. The molecule has 0 unspecified atom stereocenters. The summed E-state index contributed by atoms with van der Waals surface area (Å²) in [4.78, 5) is 28.9. The predicted octanol–water partition coefficient (Wildman–Crippen LogP) is 3.09. The maximum atomic E-state index is 12.9. The molecule has 130 valence electrons. The summed E-state index contributed by atoms with van der Waals surface area (Å²) in [6.45, 7) is 0. The molecule has 5 aromatic rings. The van der Waals surface area contributed by atoms with Crippen molar-refractivity contribution in [2.75, 3.05) is 5.73 Å². The van der Waals surface area contributed by atoms with Gasteiger partial charge in [-0.1, -0.05) is 6.07 Å². The summed E-state index contributed by atoms with van der Waals surface area (Å²) in [5, 5.41) is 1.02. The molecular formula is C20H14N6O. The molecule has 0 aromatic carbocycles. The highest BCUT2D eigenvalue weighted by molar-refractivity contribution is 6.10. The fourth-order valence-electron chi connectivity index (χ4n) is 3.18. The Balaban J connectivity index is 1.67. The molecule has 27 heavy (non-hydrogen) atoms. The number of aromatic nitrogens is 5. The molecule has 0 aliphatic rings. The van der Waals surface area contributed by atoms with E-state index in [1.165, 1.54) is 0 Å². The van der Waals surface area contributed by atoms with Crippen LogP contribution in [0.1, 0.15) is 16.2 Å². The van der Waals surface area contributed by atoms with Crippen molar-refractivity contribution in [3.63, 3.8) is 0 Å². The first-order valence-electron chi connectivity index (χ1n) is 8.37. The van der Waals surface area contributed by atoms with E-state index in [0.29, 0.717) is 17.0 Å². The topological polar surface area (TPSA) is 102 Å². The van der Waals surface area contributed by atoms with E-state index in [1.54, 1.807) is 35.0 Å². The van der Waals surface area contributed by atoms with Gasteiger partial charge in [-0.15, -0.1) is 0 Å². The van der Waals surface area contributed by atoms with Gasteiger partial charge < -0.3 is 10.7 Å². The maximum Gasteiger partial charge on any atom is 0.231 e. The Kier molecular flexibility index (Phi) is 3.26. The largest absolute Gasteiger partial charge is 0.382 e. The van der Waals surface area contributed by atoms with E-state index in [0.717, 1.165) is 22.2 Å². The van der Waals surface area contributed by atoms with E-state index in [-0.39, 0.29) is 11.6 Å². The fraction of sp³-hybridized carbons (Fsp3) is 0. The average molecular weight is 354 g/mol. The van der Waals surface area contributed by atoms with Crippen LogP contribution in [0.25, 0.3) is 27.8 Å². The van der Waals surface area contributed by atoms with Gasteiger partial charge in [-0.25, -0.2) is 9.97 Å². The molecule has 0 aliphatic carbocycles. The molecule has 5 heterocycles. The number of ketones is 1. The molecule has 0 amide bonds. The number of fused-ring (bicyclic) bond motifs is 2. The number of imidazole rings is 1. The zero-order valence-electron chi connectivity index (χ0n) is 14.1. The van der Waals surface area contributed by atoms with Gasteiger partial charge in [-0.3, -0.25) is 14.2 Å². The van der Waals surface area contributed by atoms with E-state index in [9.17, 15) is 4.79 Å². The minimum absolute atomic E-state index is 0.182. The lowest BCUT2D eigenvalue weighted by atomic mass is 10.1. The van der Waals surface area contributed by atoms with E-state index in [2.05, 4.69) is 19.9 Å². The predicted molar refractivity (Wildman–Crippen MR) is 102 cm³/mol. The third kappa shape index (κ3) is 2.44. The number of hydrogen-bond acceptors (Lipinski definition) is 5. The summed E-state index contributed by atoms with van der Waals surface area (Å²) in [6, 6.07) is 13.0. The van der Waals surface area contributed by atoms with E-state index < -0.39 is 0 Å². The van der Waals surface area contributed by atoms with Crippen LogP contribution in [-0.4, -0.2) is 30.1 Å². The molecule has 0 saturated carbocycles. The number of H-pyrrole nitrogens is 1. The molecular weight excluding hydrogens is 340 g/mol. The summed E-state index contributed by atoms with van der Waals surface area (Å²) in [5.41, 5.74) is 9.96. The highest BCUT2D eigenvalue weighted by Crippen LogP contribution is 2.25. The Bertz CT molecular complexity index is 1300. The van der Waals surface area contributed by atoms with Crippen LogP contribution in [0.15, 0.2) is 67.3 Å². The summed E-state index contributed by atoms with van der Waals surface area (Å²) in [7, 11) is 0. The number of pyridine rings is 3. The molecule has 7 nitrogen and oxygen atoms in total. The molecule has 0 saturated heterocycles. The minimum atomic E-state index is -0.267. The van der Waals surface area contributed by atoms with Crippen molar-refractivity contribution < 1.29 is 4.79 Å². The Hall–Kier alpha value is -4.00. The van der Waals surface area contributed by atoms with Gasteiger partial charge in [0.1, 0.15) is 22.7 Å².